The summed E-state index contributed by atoms with van der Waals surface area (Å²) >= 11 is 0. The first-order valence-electron chi connectivity index (χ1n) is 4.06. The molecule has 4 N–H and O–H groups in total. The molecule has 0 bridgehead atoms. The Balaban J connectivity index is 2.49. The van der Waals surface area contributed by atoms with Crippen LogP contribution in [0.4, 0.5) is 0 Å². The SMILES string of the molecule is CC1CCC(C)(N)CC1N. The van der Waals surface area contributed by atoms with Gasteiger partial charge in [-0.1, -0.05) is 6.92 Å². The van der Waals surface area contributed by atoms with Crippen LogP contribution in [0.15, 0.2) is 0 Å². The Morgan fingerprint density at radius 2 is 2.10 bits per heavy atom. The largest absolute Gasteiger partial charge is 0.327 e. The third-order valence-corrected chi connectivity index (χ3v) is 2.60. The highest BCUT2D eigenvalue weighted by Crippen LogP contribution is 2.28. The van der Waals surface area contributed by atoms with Gasteiger partial charge in [0.05, 0.1) is 0 Å². The van der Waals surface area contributed by atoms with Gasteiger partial charge in [0.1, 0.15) is 0 Å². The van der Waals surface area contributed by atoms with Gasteiger partial charge in [0.25, 0.3) is 0 Å². The molecular weight excluding hydrogens is 124 g/mol. The summed E-state index contributed by atoms with van der Waals surface area (Å²) in [6.07, 6.45) is 3.30. The molecule has 3 unspecified atom stereocenters. The Hall–Kier alpha value is -0.0800. The van der Waals surface area contributed by atoms with Gasteiger partial charge in [-0.2, -0.15) is 0 Å². The molecule has 0 amide bonds. The summed E-state index contributed by atoms with van der Waals surface area (Å²) in [5, 5.41) is 0. The minimum Gasteiger partial charge on any atom is -0.327 e. The van der Waals surface area contributed by atoms with Crippen molar-refractivity contribution in [3.05, 3.63) is 0 Å². The van der Waals surface area contributed by atoms with E-state index >= 15 is 0 Å². The van der Waals surface area contributed by atoms with Gasteiger partial charge in [-0.25, -0.2) is 0 Å². The highest BCUT2D eigenvalue weighted by molar-refractivity contribution is 4.91. The predicted octanol–water partition coefficient (Wildman–Crippen LogP) is 0.851. The van der Waals surface area contributed by atoms with E-state index in [4.69, 9.17) is 11.5 Å². The number of nitrogens with two attached hydrogens (primary N) is 2. The Labute approximate surface area is 63.0 Å². The van der Waals surface area contributed by atoms with Crippen LogP contribution in [0.2, 0.25) is 0 Å². The first kappa shape index (κ1) is 8.02. The van der Waals surface area contributed by atoms with Crippen LogP contribution in [0, 0.1) is 5.92 Å². The maximum absolute atomic E-state index is 5.95. The lowest BCUT2D eigenvalue weighted by Crippen LogP contribution is -2.48. The molecule has 1 fully saturated rings. The zero-order valence-electron chi connectivity index (χ0n) is 6.93. The van der Waals surface area contributed by atoms with Crippen molar-refractivity contribution in [2.45, 2.75) is 44.7 Å². The van der Waals surface area contributed by atoms with E-state index in [0.717, 1.165) is 12.8 Å². The van der Waals surface area contributed by atoms with Crippen molar-refractivity contribution >= 4 is 0 Å². The lowest BCUT2D eigenvalue weighted by Gasteiger charge is -2.37. The fourth-order valence-corrected chi connectivity index (χ4v) is 1.61. The lowest BCUT2D eigenvalue weighted by atomic mass is 9.76. The molecule has 0 aliphatic heterocycles. The van der Waals surface area contributed by atoms with E-state index < -0.39 is 0 Å². The molecule has 0 spiro atoms. The Morgan fingerprint density at radius 3 is 2.50 bits per heavy atom. The Morgan fingerprint density at radius 1 is 1.50 bits per heavy atom. The highest BCUT2D eigenvalue weighted by Gasteiger charge is 2.30. The Kier molecular flexibility index (Phi) is 2.02. The van der Waals surface area contributed by atoms with E-state index in [1.165, 1.54) is 6.42 Å². The van der Waals surface area contributed by atoms with Crippen molar-refractivity contribution in [1.82, 2.24) is 0 Å². The van der Waals surface area contributed by atoms with Gasteiger partial charge in [0, 0.05) is 11.6 Å². The number of hydrogen-bond donors (Lipinski definition) is 2. The zero-order chi connectivity index (χ0) is 7.78. The number of hydrogen-bond acceptors (Lipinski definition) is 2. The molecule has 0 saturated heterocycles. The highest BCUT2D eigenvalue weighted by atomic mass is 14.8. The molecule has 2 heteroatoms. The fraction of sp³-hybridized carbons (Fsp3) is 1.00. The van der Waals surface area contributed by atoms with Crippen LogP contribution >= 0.6 is 0 Å². The monoisotopic (exact) mass is 142 g/mol. The van der Waals surface area contributed by atoms with Gasteiger partial charge in [-0.3, -0.25) is 0 Å². The third-order valence-electron chi connectivity index (χ3n) is 2.60. The second-order valence-electron chi connectivity index (χ2n) is 4.04. The molecular formula is C8H18N2. The van der Waals surface area contributed by atoms with Crippen LogP contribution in [0.5, 0.6) is 0 Å². The second kappa shape index (κ2) is 2.51. The van der Waals surface area contributed by atoms with Gasteiger partial charge in [0.2, 0.25) is 0 Å². The molecule has 0 radical (unpaired) electrons. The van der Waals surface area contributed by atoms with E-state index in [-0.39, 0.29) is 5.54 Å². The molecule has 0 heterocycles. The normalized spacial score (nSPS) is 49.2. The van der Waals surface area contributed by atoms with Crippen LogP contribution in [-0.2, 0) is 0 Å². The van der Waals surface area contributed by atoms with Crippen LogP contribution in [0.1, 0.15) is 33.1 Å². The maximum atomic E-state index is 5.95. The molecule has 1 saturated carbocycles. The Bertz CT molecular complexity index is 120. The van der Waals surface area contributed by atoms with Crippen molar-refractivity contribution in [2.75, 3.05) is 0 Å². The standard InChI is InChI=1S/C8H18N2/c1-6-3-4-8(2,10)5-7(6)9/h6-7H,3-5,9-10H2,1-2H3. The summed E-state index contributed by atoms with van der Waals surface area (Å²) in [4.78, 5) is 0. The van der Waals surface area contributed by atoms with Crippen molar-refractivity contribution in [3.63, 3.8) is 0 Å². The summed E-state index contributed by atoms with van der Waals surface area (Å²) in [5.74, 6) is 0.664. The smallest absolute Gasteiger partial charge is 0.0140 e. The van der Waals surface area contributed by atoms with Crippen molar-refractivity contribution in [1.29, 1.82) is 0 Å². The number of rotatable bonds is 0. The van der Waals surface area contributed by atoms with Crippen molar-refractivity contribution in [2.24, 2.45) is 17.4 Å². The quantitative estimate of drug-likeness (QED) is 0.527. The third kappa shape index (κ3) is 1.70. The summed E-state index contributed by atoms with van der Waals surface area (Å²) in [5.41, 5.74) is 11.8. The van der Waals surface area contributed by atoms with Crippen LogP contribution in [0.25, 0.3) is 0 Å². The average molecular weight is 142 g/mol. The first-order valence-corrected chi connectivity index (χ1v) is 4.06. The van der Waals surface area contributed by atoms with Gasteiger partial charge >= 0.3 is 0 Å². The minimum atomic E-state index is 0.00588. The maximum Gasteiger partial charge on any atom is 0.0140 e. The van der Waals surface area contributed by atoms with E-state index in [1.54, 1.807) is 0 Å². The molecule has 0 aromatic carbocycles. The van der Waals surface area contributed by atoms with Crippen LogP contribution in [-0.4, -0.2) is 11.6 Å². The minimum absolute atomic E-state index is 0.00588. The van der Waals surface area contributed by atoms with Crippen LogP contribution in [0.3, 0.4) is 0 Å². The van der Waals surface area contributed by atoms with Gasteiger partial charge < -0.3 is 11.5 Å². The van der Waals surface area contributed by atoms with Gasteiger partial charge in [-0.05, 0) is 32.1 Å². The van der Waals surface area contributed by atoms with Gasteiger partial charge in [-0.15, -0.1) is 0 Å². The molecule has 10 heavy (non-hydrogen) atoms. The summed E-state index contributed by atoms with van der Waals surface area (Å²) in [7, 11) is 0. The molecule has 1 rings (SSSR count). The van der Waals surface area contributed by atoms with Crippen molar-refractivity contribution in [3.8, 4) is 0 Å². The zero-order valence-corrected chi connectivity index (χ0v) is 6.93. The van der Waals surface area contributed by atoms with E-state index in [0.29, 0.717) is 12.0 Å². The van der Waals surface area contributed by atoms with E-state index in [2.05, 4.69) is 13.8 Å². The van der Waals surface area contributed by atoms with E-state index in [1.807, 2.05) is 0 Å². The summed E-state index contributed by atoms with van der Waals surface area (Å²) in [6.45, 7) is 4.30. The fourth-order valence-electron chi connectivity index (χ4n) is 1.61. The van der Waals surface area contributed by atoms with Crippen molar-refractivity contribution < 1.29 is 0 Å². The predicted molar refractivity (Wildman–Crippen MR) is 43.6 cm³/mol. The average Bonchev–Trinajstić information content (AvgIpc) is 1.79. The molecule has 60 valence electrons. The van der Waals surface area contributed by atoms with Crippen LogP contribution < -0.4 is 11.5 Å². The molecule has 0 aromatic rings. The van der Waals surface area contributed by atoms with Gasteiger partial charge in [0.15, 0.2) is 0 Å². The summed E-state index contributed by atoms with van der Waals surface area (Å²) in [6, 6.07) is 0.323. The summed E-state index contributed by atoms with van der Waals surface area (Å²) < 4.78 is 0. The molecule has 1 aliphatic rings. The molecule has 1 aliphatic carbocycles. The molecule has 0 aromatic heterocycles. The topological polar surface area (TPSA) is 52.0 Å². The second-order valence-corrected chi connectivity index (χ2v) is 4.04. The molecule has 2 nitrogen and oxygen atoms in total. The molecule has 3 atom stereocenters. The lowest BCUT2D eigenvalue weighted by molar-refractivity contribution is 0.230. The first-order chi connectivity index (χ1) is 4.51. The van der Waals surface area contributed by atoms with E-state index in [9.17, 15) is 0 Å².